The molecular weight excluding hydrogens is 305 g/mol. The number of amides is 1. The first-order valence-electron chi connectivity index (χ1n) is 7.10. The third-order valence-corrected chi connectivity index (χ3v) is 3.40. The number of carbonyl (C=O) groups is 1. The van der Waals surface area contributed by atoms with Crippen molar-refractivity contribution in [3.05, 3.63) is 60.2 Å². The van der Waals surface area contributed by atoms with Crippen molar-refractivity contribution in [1.29, 1.82) is 0 Å². The number of rotatable bonds is 5. The molecule has 2 aromatic carbocycles. The van der Waals surface area contributed by atoms with E-state index in [2.05, 4.69) is 5.32 Å². The SMILES string of the molecule is CN(C(=O)CCNc1ccc(C(F)(F)F)cc1)c1ccccc1. The number of nitrogens with zero attached hydrogens (tertiary/aromatic N) is 1. The van der Waals surface area contributed by atoms with Gasteiger partial charge in [0.2, 0.25) is 5.91 Å². The van der Waals surface area contributed by atoms with Crippen LogP contribution in [-0.4, -0.2) is 19.5 Å². The number of alkyl halides is 3. The third kappa shape index (κ3) is 4.74. The Morgan fingerprint density at radius 1 is 1.04 bits per heavy atom. The Morgan fingerprint density at radius 2 is 1.65 bits per heavy atom. The van der Waals surface area contributed by atoms with Crippen LogP contribution in [0.15, 0.2) is 54.6 Å². The van der Waals surface area contributed by atoms with Gasteiger partial charge >= 0.3 is 6.18 Å². The van der Waals surface area contributed by atoms with Crippen LogP contribution in [0.2, 0.25) is 0 Å². The number of carbonyl (C=O) groups excluding carboxylic acids is 1. The predicted molar refractivity (Wildman–Crippen MR) is 84.4 cm³/mol. The summed E-state index contributed by atoms with van der Waals surface area (Å²) in [5.41, 5.74) is 0.656. The molecule has 2 rings (SSSR count). The second-order valence-corrected chi connectivity index (χ2v) is 5.04. The van der Waals surface area contributed by atoms with E-state index < -0.39 is 11.7 Å². The van der Waals surface area contributed by atoms with Crippen LogP contribution < -0.4 is 10.2 Å². The normalized spacial score (nSPS) is 11.1. The summed E-state index contributed by atoms with van der Waals surface area (Å²) in [6.45, 7) is 0.349. The van der Waals surface area contributed by atoms with E-state index in [1.807, 2.05) is 30.3 Å². The molecule has 2 aromatic rings. The van der Waals surface area contributed by atoms with Crippen molar-refractivity contribution in [2.24, 2.45) is 0 Å². The molecule has 0 aliphatic rings. The Bertz CT molecular complexity index is 639. The zero-order valence-corrected chi connectivity index (χ0v) is 12.6. The second-order valence-electron chi connectivity index (χ2n) is 5.04. The molecule has 0 aliphatic carbocycles. The summed E-state index contributed by atoms with van der Waals surface area (Å²) in [5, 5.41) is 2.95. The molecule has 1 amide bonds. The predicted octanol–water partition coefficient (Wildman–Crippen LogP) is 4.17. The maximum absolute atomic E-state index is 12.5. The lowest BCUT2D eigenvalue weighted by Gasteiger charge is -2.17. The number of hydrogen-bond donors (Lipinski definition) is 1. The highest BCUT2D eigenvalue weighted by Gasteiger charge is 2.29. The highest BCUT2D eigenvalue weighted by Crippen LogP contribution is 2.29. The van der Waals surface area contributed by atoms with Gasteiger partial charge in [0, 0.05) is 31.4 Å². The zero-order valence-electron chi connectivity index (χ0n) is 12.6. The maximum Gasteiger partial charge on any atom is 0.416 e. The van der Waals surface area contributed by atoms with Crippen molar-refractivity contribution < 1.29 is 18.0 Å². The molecule has 23 heavy (non-hydrogen) atoms. The number of halogens is 3. The van der Waals surface area contributed by atoms with Crippen LogP contribution in [0.5, 0.6) is 0 Å². The molecule has 0 spiro atoms. The molecular formula is C17H17F3N2O. The maximum atomic E-state index is 12.5. The number of para-hydroxylation sites is 1. The van der Waals surface area contributed by atoms with Gasteiger partial charge in [-0.15, -0.1) is 0 Å². The van der Waals surface area contributed by atoms with E-state index in [1.54, 1.807) is 11.9 Å². The van der Waals surface area contributed by atoms with Crippen molar-refractivity contribution in [2.75, 3.05) is 23.8 Å². The highest BCUT2D eigenvalue weighted by molar-refractivity contribution is 5.93. The molecule has 0 atom stereocenters. The summed E-state index contributed by atoms with van der Waals surface area (Å²) in [5.74, 6) is -0.0735. The van der Waals surface area contributed by atoms with Crippen molar-refractivity contribution in [3.8, 4) is 0 Å². The topological polar surface area (TPSA) is 32.3 Å². The molecule has 0 fully saturated rings. The Labute approximate surface area is 132 Å². The van der Waals surface area contributed by atoms with Crippen LogP contribution in [0.25, 0.3) is 0 Å². The van der Waals surface area contributed by atoms with Crippen LogP contribution in [-0.2, 0) is 11.0 Å². The van der Waals surface area contributed by atoms with Crippen LogP contribution in [0.1, 0.15) is 12.0 Å². The first-order chi connectivity index (χ1) is 10.9. The summed E-state index contributed by atoms with van der Waals surface area (Å²) in [6, 6.07) is 14.0. The summed E-state index contributed by atoms with van der Waals surface area (Å²) in [4.78, 5) is 13.6. The smallest absolute Gasteiger partial charge is 0.385 e. The molecule has 0 bridgehead atoms. The summed E-state index contributed by atoms with van der Waals surface area (Å²) >= 11 is 0. The van der Waals surface area contributed by atoms with Crippen molar-refractivity contribution in [1.82, 2.24) is 0 Å². The molecule has 122 valence electrons. The Kier molecular flexibility index (Phi) is 5.26. The lowest BCUT2D eigenvalue weighted by Crippen LogP contribution is -2.27. The lowest BCUT2D eigenvalue weighted by molar-refractivity contribution is -0.137. The molecule has 6 heteroatoms. The van der Waals surface area contributed by atoms with Crippen LogP contribution in [0, 0.1) is 0 Å². The molecule has 0 saturated heterocycles. The van der Waals surface area contributed by atoms with Gasteiger partial charge < -0.3 is 10.2 Å². The fraction of sp³-hybridized carbons (Fsp3) is 0.235. The molecule has 0 heterocycles. The van der Waals surface area contributed by atoms with Gasteiger partial charge in [0.25, 0.3) is 0 Å². The molecule has 3 nitrogen and oxygen atoms in total. The molecule has 0 aliphatic heterocycles. The standard InChI is InChI=1S/C17H17F3N2O/c1-22(15-5-3-2-4-6-15)16(23)11-12-21-14-9-7-13(8-10-14)17(18,19)20/h2-10,21H,11-12H2,1H3. The van der Waals surface area contributed by atoms with E-state index in [9.17, 15) is 18.0 Å². The quantitative estimate of drug-likeness (QED) is 0.896. The monoisotopic (exact) mass is 322 g/mol. The van der Waals surface area contributed by atoms with Crippen LogP contribution >= 0.6 is 0 Å². The summed E-state index contributed by atoms with van der Waals surface area (Å²) in [6.07, 6.45) is -4.10. The number of anilines is 2. The molecule has 0 unspecified atom stereocenters. The minimum Gasteiger partial charge on any atom is -0.385 e. The van der Waals surface area contributed by atoms with Crippen LogP contribution in [0.3, 0.4) is 0 Å². The van der Waals surface area contributed by atoms with E-state index in [-0.39, 0.29) is 12.3 Å². The second kappa shape index (κ2) is 7.17. The van der Waals surface area contributed by atoms with Gasteiger partial charge in [-0.05, 0) is 36.4 Å². The average molecular weight is 322 g/mol. The van der Waals surface area contributed by atoms with Gasteiger partial charge in [0.05, 0.1) is 5.56 Å². The van der Waals surface area contributed by atoms with Gasteiger partial charge in [-0.1, -0.05) is 18.2 Å². The van der Waals surface area contributed by atoms with E-state index in [0.717, 1.165) is 17.8 Å². The van der Waals surface area contributed by atoms with Gasteiger partial charge in [-0.25, -0.2) is 0 Å². The molecule has 1 N–H and O–H groups in total. The van der Waals surface area contributed by atoms with Crippen molar-refractivity contribution in [2.45, 2.75) is 12.6 Å². The fourth-order valence-electron chi connectivity index (χ4n) is 2.05. The summed E-state index contributed by atoms with van der Waals surface area (Å²) < 4.78 is 37.4. The molecule has 0 saturated carbocycles. The first kappa shape index (κ1) is 16.9. The highest BCUT2D eigenvalue weighted by atomic mass is 19.4. The lowest BCUT2D eigenvalue weighted by atomic mass is 10.2. The van der Waals surface area contributed by atoms with Crippen LogP contribution in [0.4, 0.5) is 24.5 Å². The van der Waals surface area contributed by atoms with Gasteiger partial charge in [0.1, 0.15) is 0 Å². The van der Waals surface area contributed by atoms with E-state index in [1.165, 1.54) is 12.1 Å². The molecule has 0 radical (unpaired) electrons. The summed E-state index contributed by atoms with van der Waals surface area (Å²) in [7, 11) is 1.69. The van der Waals surface area contributed by atoms with Gasteiger partial charge in [0.15, 0.2) is 0 Å². The van der Waals surface area contributed by atoms with E-state index >= 15 is 0 Å². The fourth-order valence-corrected chi connectivity index (χ4v) is 2.05. The Balaban J connectivity index is 1.84. The minimum atomic E-state index is -4.34. The zero-order chi connectivity index (χ0) is 16.9. The first-order valence-corrected chi connectivity index (χ1v) is 7.10. The Hall–Kier alpha value is -2.50. The largest absolute Gasteiger partial charge is 0.416 e. The van der Waals surface area contributed by atoms with E-state index in [0.29, 0.717) is 12.2 Å². The van der Waals surface area contributed by atoms with Crippen molar-refractivity contribution >= 4 is 17.3 Å². The van der Waals surface area contributed by atoms with Crippen molar-refractivity contribution in [3.63, 3.8) is 0 Å². The average Bonchev–Trinajstić information content (AvgIpc) is 2.54. The molecule has 0 aromatic heterocycles. The minimum absolute atomic E-state index is 0.0735. The van der Waals surface area contributed by atoms with Gasteiger partial charge in [-0.2, -0.15) is 13.2 Å². The van der Waals surface area contributed by atoms with Gasteiger partial charge in [-0.3, -0.25) is 4.79 Å². The third-order valence-electron chi connectivity index (χ3n) is 3.40. The number of hydrogen-bond acceptors (Lipinski definition) is 2. The number of benzene rings is 2. The Morgan fingerprint density at radius 3 is 2.22 bits per heavy atom. The number of nitrogens with one attached hydrogen (secondary N) is 1. The van der Waals surface area contributed by atoms with E-state index in [4.69, 9.17) is 0 Å².